The van der Waals surface area contributed by atoms with Crippen molar-refractivity contribution in [1.82, 2.24) is 15.3 Å². The zero-order valence-electron chi connectivity index (χ0n) is 10.5. The van der Waals surface area contributed by atoms with Crippen molar-refractivity contribution < 1.29 is 9.15 Å². The fourth-order valence-corrected chi connectivity index (χ4v) is 1.81. The lowest BCUT2D eigenvalue weighted by molar-refractivity contribution is 0.331. The average Bonchev–Trinajstić information content (AvgIpc) is 2.86. The van der Waals surface area contributed by atoms with Crippen molar-refractivity contribution >= 4 is 10.9 Å². The summed E-state index contributed by atoms with van der Waals surface area (Å²) in [6, 6.07) is 9.58. The van der Waals surface area contributed by atoms with Crippen LogP contribution in [0.25, 0.3) is 10.9 Å². The maximum atomic E-state index is 5.57. The van der Waals surface area contributed by atoms with Crippen molar-refractivity contribution in [2.75, 3.05) is 7.05 Å². The summed E-state index contributed by atoms with van der Waals surface area (Å²) in [6.07, 6.45) is 3.56. The van der Waals surface area contributed by atoms with Gasteiger partial charge in [0.1, 0.15) is 12.0 Å². The SMILES string of the molecule is CNCc1coc(Oc2ccc3cccnc3c2)n1. The van der Waals surface area contributed by atoms with Crippen molar-refractivity contribution in [2.45, 2.75) is 6.54 Å². The Morgan fingerprint density at radius 3 is 3.16 bits per heavy atom. The second-order valence-electron chi connectivity index (χ2n) is 4.10. The molecular formula is C14H13N3O2. The minimum absolute atomic E-state index is 0.237. The Morgan fingerprint density at radius 1 is 1.32 bits per heavy atom. The van der Waals surface area contributed by atoms with Crippen molar-refractivity contribution in [1.29, 1.82) is 0 Å². The molecule has 0 aliphatic heterocycles. The molecule has 1 N–H and O–H groups in total. The number of oxazole rings is 1. The Bertz CT molecular complexity index is 694. The molecule has 0 aliphatic rings. The quantitative estimate of drug-likeness (QED) is 0.776. The van der Waals surface area contributed by atoms with Crippen LogP contribution >= 0.6 is 0 Å². The summed E-state index contributed by atoms with van der Waals surface area (Å²) in [5.41, 5.74) is 1.68. The van der Waals surface area contributed by atoms with Crippen LogP contribution in [0.4, 0.5) is 0 Å². The highest BCUT2D eigenvalue weighted by Crippen LogP contribution is 2.24. The minimum atomic E-state index is 0.237. The summed E-state index contributed by atoms with van der Waals surface area (Å²) in [6.45, 7) is 0.645. The van der Waals surface area contributed by atoms with Crippen LogP contribution in [0.3, 0.4) is 0 Å². The third-order valence-electron chi connectivity index (χ3n) is 2.67. The maximum Gasteiger partial charge on any atom is 0.399 e. The first kappa shape index (κ1) is 11.7. The monoisotopic (exact) mass is 255 g/mol. The molecule has 1 aromatic carbocycles. The van der Waals surface area contributed by atoms with Gasteiger partial charge in [-0.25, -0.2) is 0 Å². The fourth-order valence-electron chi connectivity index (χ4n) is 1.81. The molecule has 0 amide bonds. The highest BCUT2D eigenvalue weighted by Gasteiger charge is 2.06. The summed E-state index contributed by atoms with van der Waals surface area (Å²) in [7, 11) is 1.85. The Morgan fingerprint density at radius 2 is 2.26 bits per heavy atom. The normalized spacial score (nSPS) is 10.8. The second-order valence-corrected chi connectivity index (χ2v) is 4.10. The van der Waals surface area contributed by atoms with Gasteiger partial charge in [-0.2, -0.15) is 4.98 Å². The lowest BCUT2D eigenvalue weighted by atomic mass is 10.2. The van der Waals surface area contributed by atoms with E-state index in [0.717, 1.165) is 16.6 Å². The number of nitrogens with one attached hydrogen (secondary N) is 1. The largest absolute Gasteiger partial charge is 0.417 e. The first-order valence-electron chi connectivity index (χ1n) is 5.97. The standard InChI is InChI=1S/C14H13N3O2/c1-15-8-11-9-18-14(17-11)19-12-5-4-10-3-2-6-16-13(10)7-12/h2-7,9,15H,8H2,1H3. The smallest absolute Gasteiger partial charge is 0.399 e. The summed E-state index contributed by atoms with van der Waals surface area (Å²) >= 11 is 0. The van der Waals surface area contributed by atoms with Crippen molar-refractivity contribution in [2.24, 2.45) is 0 Å². The van der Waals surface area contributed by atoms with Gasteiger partial charge in [-0.3, -0.25) is 4.98 Å². The second kappa shape index (κ2) is 5.07. The van der Waals surface area contributed by atoms with Crippen LogP contribution < -0.4 is 10.1 Å². The average molecular weight is 255 g/mol. The summed E-state index contributed by atoms with van der Waals surface area (Å²) in [5.74, 6) is 0.657. The van der Waals surface area contributed by atoms with Gasteiger partial charge in [-0.05, 0) is 25.2 Å². The molecule has 0 atom stereocenters. The van der Waals surface area contributed by atoms with E-state index in [0.29, 0.717) is 12.3 Å². The number of aromatic nitrogens is 2. The van der Waals surface area contributed by atoms with Gasteiger partial charge in [0.05, 0.1) is 11.2 Å². The number of rotatable bonds is 4. The molecule has 5 nitrogen and oxygen atoms in total. The van der Waals surface area contributed by atoms with Crippen molar-refractivity contribution in [3.8, 4) is 11.8 Å². The van der Waals surface area contributed by atoms with Crippen LogP contribution in [0.2, 0.25) is 0 Å². The molecule has 3 aromatic rings. The number of ether oxygens (including phenoxy) is 1. The highest BCUT2D eigenvalue weighted by atomic mass is 16.6. The van der Waals surface area contributed by atoms with Crippen molar-refractivity contribution in [3.63, 3.8) is 0 Å². The lowest BCUT2D eigenvalue weighted by Crippen LogP contribution is -2.04. The number of pyridine rings is 1. The summed E-state index contributed by atoms with van der Waals surface area (Å²) in [4.78, 5) is 8.48. The van der Waals surface area contributed by atoms with Crippen LogP contribution in [0.5, 0.6) is 11.8 Å². The molecule has 0 spiro atoms. The van der Waals surface area contributed by atoms with Crippen LogP contribution in [-0.2, 0) is 6.54 Å². The molecule has 0 bridgehead atoms. The Balaban J connectivity index is 1.83. The van der Waals surface area contributed by atoms with Crippen LogP contribution in [-0.4, -0.2) is 17.0 Å². The van der Waals surface area contributed by atoms with E-state index in [1.807, 2.05) is 37.4 Å². The van der Waals surface area contributed by atoms with Crippen LogP contribution in [0.15, 0.2) is 47.2 Å². The number of hydrogen-bond acceptors (Lipinski definition) is 5. The predicted octanol–water partition coefficient (Wildman–Crippen LogP) is 2.73. The molecule has 3 rings (SSSR count). The highest BCUT2D eigenvalue weighted by molar-refractivity contribution is 5.79. The predicted molar refractivity (Wildman–Crippen MR) is 71.1 cm³/mol. The molecule has 0 saturated heterocycles. The van der Waals surface area contributed by atoms with Gasteiger partial charge in [0.15, 0.2) is 0 Å². The molecule has 0 radical (unpaired) electrons. The number of benzene rings is 1. The molecule has 96 valence electrons. The Kier molecular flexibility index (Phi) is 3.12. The van der Waals surface area contributed by atoms with Gasteiger partial charge in [-0.1, -0.05) is 6.07 Å². The minimum Gasteiger partial charge on any atom is -0.417 e. The molecule has 0 aliphatic carbocycles. The molecule has 0 fully saturated rings. The summed E-state index contributed by atoms with van der Waals surface area (Å²) in [5, 5.41) is 4.07. The van der Waals surface area contributed by atoms with E-state index in [4.69, 9.17) is 9.15 Å². The Hall–Kier alpha value is -2.40. The van der Waals surface area contributed by atoms with E-state index in [1.165, 1.54) is 0 Å². The van der Waals surface area contributed by atoms with E-state index < -0.39 is 0 Å². The van der Waals surface area contributed by atoms with E-state index in [2.05, 4.69) is 15.3 Å². The number of nitrogens with zero attached hydrogens (tertiary/aromatic N) is 2. The zero-order chi connectivity index (χ0) is 13.1. The molecule has 19 heavy (non-hydrogen) atoms. The topological polar surface area (TPSA) is 60.2 Å². The Labute approximate surface area is 110 Å². The number of hydrogen-bond donors (Lipinski definition) is 1. The molecule has 2 aromatic heterocycles. The molecular weight excluding hydrogens is 242 g/mol. The third kappa shape index (κ3) is 2.56. The van der Waals surface area contributed by atoms with E-state index in [9.17, 15) is 0 Å². The van der Waals surface area contributed by atoms with Gasteiger partial charge in [-0.15, -0.1) is 0 Å². The third-order valence-corrected chi connectivity index (χ3v) is 2.67. The number of fused-ring (bicyclic) bond motifs is 1. The zero-order valence-corrected chi connectivity index (χ0v) is 10.5. The van der Waals surface area contributed by atoms with Gasteiger partial charge in [0, 0.05) is 24.2 Å². The maximum absolute atomic E-state index is 5.57. The van der Waals surface area contributed by atoms with Gasteiger partial charge >= 0.3 is 6.08 Å². The van der Waals surface area contributed by atoms with E-state index in [-0.39, 0.29) is 6.08 Å². The van der Waals surface area contributed by atoms with E-state index in [1.54, 1.807) is 12.5 Å². The molecule has 2 heterocycles. The van der Waals surface area contributed by atoms with Crippen LogP contribution in [0, 0.1) is 0 Å². The van der Waals surface area contributed by atoms with Crippen molar-refractivity contribution in [3.05, 3.63) is 48.5 Å². The van der Waals surface area contributed by atoms with Gasteiger partial charge in [0.2, 0.25) is 0 Å². The van der Waals surface area contributed by atoms with Crippen LogP contribution in [0.1, 0.15) is 5.69 Å². The van der Waals surface area contributed by atoms with E-state index >= 15 is 0 Å². The summed E-state index contributed by atoms with van der Waals surface area (Å²) < 4.78 is 10.8. The van der Waals surface area contributed by atoms with Gasteiger partial charge in [0.25, 0.3) is 0 Å². The lowest BCUT2D eigenvalue weighted by Gasteiger charge is -2.02. The van der Waals surface area contributed by atoms with Gasteiger partial charge < -0.3 is 14.5 Å². The molecule has 0 saturated carbocycles. The first-order chi connectivity index (χ1) is 9.35. The molecule has 0 unspecified atom stereocenters. The first-order valence-corrected chi connectivity index (χ1v) is 5.97. The fraction of sp³-hybridized carbons (Fsp3) is 0.143. The molecule has 5 heteroatoms.